The van der Waals surface area contributed by atoms with Crippen molar-refractivity contribution in [2.24, 2.45) is 0 Å². The summed E-state index contributed by atoms with van der Waals surface area (Å²) in [6.45, 7) is 2.02. The molecule has 0 aliphatic rings. The number of methoxy groups -OCH3 is 2. The highest BCUT2D eigenvalue weighted by Gasteiger charge is 2.22. The van der Waals surface area contributed by atoms with Crippen molar-refractivity contribution < 1.29 is 17.9 Å². The Morgan fingerprint density at radius 3 is 2.64 bits per heavy atom. The van der Waals surface area contributed by atoms with Gasteiger partial charge in [0.25, 0.3) is 10.0 Å². The molecule has 0 aliphatic heterocycles. The van der Waals surface area contributed by atoms with Crippen LogP contribution >= 0.6 is 11.3 Å². The minimum Gasteiger partial charge on any atom is -0.497 e. The molecule has 2 rings (SSSR count). The van der Waals surface area contributed by atoms with Gasteiger partial charge in [0.1, 0.15) is 21.4 Å². The number of aryl methyl sites for hydroxylation is 1. The molecule has 22 heavy (non-hydrogen) atoms. The largest absolute Gasteiger partial charge is 0.497 e. The van der Waals surface area contributed by atoms with E-state index in [1.54, 1.807) is 6.07 Å². The summed E-state index contributed by atoms with van der Waals surface area (Å²) in [5.41, 5.74) is 0. The highest BCUT2D eigenvalue weighted by molar-refractivity contribution is 7.93. The van der Waals surface area contributed by atoms with Crippen molar-refractivity contribution in [1.82, 2.24) is 10.2 Å². The predicted octanol–water partition coefficient (Wildman–Crippen LogP) is 2.31. The number of sulfonamides is 1. The lowest BCUT2D eigenvalue weighted by molar-refractivity contribution is 0.392. The predicted molar refractivity (Wildman–Crippen MR) is 84.3 cm³/mol. The first-order valence-corrected chi connectivity index (χ1v) is 8.87. The van der Waals surface area contributed by atoms with Gasteiger partial charge in [0, 0.05) is 12.5 Å². The first-order valence-electron chi connectivity index (χ1n) is 6.57. The molecule has 0 saturated carbocycles. The molecular weight excluding hydrogens is 326 g/mol. The quantitative estimate of drug-likeness (QED) is 0.829. The van der Waals surface area contributed by atoms with Crippen molar-refractivity contribution in [3.8, 4) is 11.5 Å². The van der Waals surface area contributed by atoms with E-state index in [-0.39, 0.29) is 15.8 Å². The number of aromatic nitrogens is 2. The van der Waals surface area contributed by atoms with Gasteiger partial charge in [-0.1, -0.05) is 18.3 Å². The van der Waals surface area contributed by atoms with E-state index in [0.29, 0.717) is 5.75 Å². The summed E-state index contributed by atoms with van der Waals surface area (Å²) in [7, 11) is -0.964. The highest BCUT2D eigenvalue weighted by atomic mass is 32.2. The highest BCUT2D eigenvalue weighted by Crippen LogP contribution is 2.30. The lowest BCUT2D eigenvalue weighted by atomic mass is 10.3. The fraction of sp³-hybridized carbons (Fsp3) is 0.385. The Morgan fingerprint density at radius 1 is 1.23 bits per heavy atom. The molecule has 0 amide bonds. The Balaban J connectivity index is 2.32. The summed E-state index contributed by atoms with van der Waals surface area (Å²) in [6, 6.07) is 4.56. The molecule has 1 aromatic carbocycles. The van der Waals surface area contributed by atoms with Crippen LogP contribution < -0.4 is 14.2 Å². The van der Waals surface area contributed by atoms with Crippen LogP contribution in [0.15, 0.2) is 23.1 Å². The molecule has 0 unspecified atom stereocenters. The zero-order valence-corrected chi connectivity index (χ0v) is 14.1. The maximum atomic E-state index is 12.5. The average molecular weight is 343 g/mol. The third kappa shape index (κ3) is 3.66. The van der Waals surface area contributed by atoms with Gasteiger partial charge >= 0.3 is 0 Å². The van der Waals surface area contributed by atoms with Gasteiger partial charge in [0.15, 0.2) is 0 Å². The Hall–Kier alpha value is -1.87. The second-order valence-electron chi connectivity index (χ2n) is 4.37. The Labute approximate surface area is 133 Å². The Morgan fingerprint density at radius 2 is 2.00 bits per heavy atom. The van der Waals surface area contributed by atoms with E-state index in [4.69, 9.17) is 9.47 Å². The summed E-state index contributed by atoms with van der Waals surface area (Å²) in [6.07, 6.45) is 1.69. The van der Waals surface area contributed by atoms with Crippen molar-refractivity contribution in [2.75, 3.05) is 18.9 Å². The fourth-order valence-electron chi connectivity index (χ4n) is 1.77. The molecule has 0 atom stereocenters. The minimum absolute atomic E-state index is 0.0124. The lowest BCUT2D eigenvalue weighted by Gasteiger charge is -2.11. The summed E-state index contributed by atoms with van der Waals surface area (Å²) in [5, 5.41) is 8.82. The first-order chi connectivity index (χ1) is 10.5. The Kier molecular flexibility index (Phi) is 5.19. The van der Waals surface area contributed by atoms with Crippen molar-refractivity contribution in [2.45, 2.75) is 24.7 Å². The second-order valence-corrected chi connectivity index (χ2v) is 7.09. The van der Waals surface area contributed by atoms with Gasteiger partial charge in [0.05, 0.1) is 14.2 Å². The molecule has 0 spiro atoms. The van der Waals surface area contributed by atoms with Crippen LogP contribution in [0.3, 0.4) is 0 Å². The maximum absolute atomic E-state index is 12.5. The number of ether oxygens (including phenoxy) is 2. The zero-order chi connectivity index (χ0) is 16.2. The molecule has 0 aliphatic carbocycles. The smallest absolute Gasteiger partial charge is 0.267 e. The number of hydrogen-bond acceptors (Lipinski definition) is 7. The van der Waals surface area contributed by atoms with Crippen molar-refractivity contribution in [1.29, 1.82) is 0 Å². The van der Waals surface area contributed by atoms with E-state index >= 15 is 0 Å². The number of nitrogens with one attached hydrogen (secondary N) is 1. The van der Waals surface area contributed by atoms with Crippen molar-refractivity contribution in [3.05, 3.63) is 23.2 Å². The average Bonchev–Trinajstić information content (AvgIpc) is 2.93. The van der Waals surface area contributed by atoms with E-state index in [0.717, 1.165) is 17.8 Å². The molecule has 0 fully saturated rings. The van der Waals surface area contributed by atoms with E-state index in [1.807, 2.05) is 6.92 Å². The number of anilines is 1. The van der Waals surface area contributed by atoms with E-state index in [9.17, 15) is 8.42 Å². The van der Waals surface area contributed by atoms with Gasteiger partial charge in [0.2, 0.25) is 5.13 Å². The molecule has 2 aromatic rings. The molecule has 0 bridgehead atoms. The molecule has 7 nitrogen and oxygen atoms in total. The maximum Gasteiger partial charge on any atom is 0.267 e. The van der Waals surface area contributed by atoms with Crippen molar-refractivity contribution >= 4 is 26.5 Å². The van der Waals surface area contributed by atoms with Crippen LogP contribution in [0.4, 0.5) is 5.13 Å². The molecule has 120 valence electrons. The molecule has 0 radical (unpaired) electrons. The van der Waals surface area contributed by atoms with Gasteiger partial charge < -0.3 is 9.47 Å². The second kappa shape index (κ2) is 6.93. The van der Waals surface area contributed by atoms with Crippen LogP contribution in [0, 0.1) is 0 Å². The van der Waals surface area contributed by atoms with Gasteiger partial charge in [-0.25, -0.2) is 8.42 Å². The number of rotatable bonds is 7. The summed E-state index contributed by atoms with van der Waals surface area (Å²) in [5.74, 6) is 0.650. The number of benzene rings is 1. The normalized spacial score (nSPS) is 11.2. The van der Waals surface area contributed by atoms with Crippen LogP contribution in [-0.4, -0.2) is 32.8 Å². The zero-order valence-electron chi connectivity index (χ0n) is 12.5. The van der Waals surface area contributed by atoms with E-state index < -0.39 is 10.0 Å². The summed E-state index contributed by atoms with van der Waals surface area (Å²) in [4.78, 5) is -0.0124. The van der Waals surface area contributed by atoms with Crippen molar-refractivity contribution in [3.63, 3.8) is 0 Å². The van der Waals surface area contributed by atoms with Gasteiger partial charge in [-0.3, -0.25) is 4.72 Å². The molecule has 1 heterocycles. The molecule has 0 saturated heterocycles. The van der Waals surface area contributed by atoms with Crippen LogP contribution in [0.2, 0.25) is 0 Å². The standard InChI is InChI=1S/C13H17N3O4S2/c1-4-5-12-14-15-13(21-12)16-22(17,18)11-8-9(19-2)6-7-10(11)20-3/h6-8H,4-5H2,1-3H3,(H,15,16). The van der Waals surface area contributed by atoms with E-state index in [1.165, 1.54) is 37.7 Å². The topological polar surface area (TPSA) is 90.4 Å². The monoisotopic (exact) mass is 343 g/mol. The van der Waals surface area contributed by atoms with Crippen LogP contribution in [0.25, 0.3) is 0 Å². The van der Waals surface area contributed by atoms with E-state index in [2.05, 4.69) is 14.9 Å². The lowest BCUT2D eigenvalue weighted by Crippen LogP contribution is -2.14. The van der Waals surface area contributed by atoms with Gasteiger partial charge in [-0.2, -0.15) is 0 Å². The SMILES string of the molecule is CCCc1nnc(NS(=O)(=O)c2cc(OC)ccc2OC)s1. The summed E-state index contributed by atoms with van der Waals surface area (Å²) >= 11 is 1.22. The van der Waals surface area contributed by atoms with Gasteiger partial charge in [-0.15, -0.1) is 10.2 Å². The Bertz CT molecular complexity index is 743. The van der Waals surface area contributed by atoms with Crippen LogP contribution in [0.5, 0.6) is 11.5 Å². The minimum atomic E-state index is -3.84. The molecule has 1 N–H and O–H groups in total. The summed E-state index contributed by atoms with van der Waals surface area (Å²) < 4.78 is 37.6. The number of nitrogens with zero attached hydrogens (tertiary/aromatic N) is 2. The van der Waals surface area contributed by atoms with Crippen LogP contribution in [0.1, 0.15) is 18.4 Å². The molecular formula is C13H17N3O4S2. The fourth-order valence-corrected chi connectivity index (χ4v) is 4.03. The molecule has 1 aromatic heterocycles. The first kappa shape index (κ1) is 16.5. The molecule has 9 heteroatoms. The third-order valence-corrected chi connectivity index (χ3v) is 5.20. The number of hydrogen-bond donors (Lipinski definition) is 1. The van der Waals surface area contributed by atoms with Gasteiger partial charge in [-0.05, 0) is 18.6 Å². The van der Waals surface area contributed by atoms with Crippen LogP contribution in [-0.2, 0) is 16.4 Å². The third-order valence-electron chi connectivity index (χ3n) is 2.81.